The predicted molar refractivity (Wildman–Crippen MR) is 39.0 cm³/mol. The first kappa shape index (κ1) is 7.74. The molecule has 0 heterocycles. The summed E-state index contributed by atoms with van der Waals surface area (Å²) in [5.74, 6) is 0.869. The molecule has 11 heavy (non-hydrogen) atoms. The molecule has 0 atom stereocenters. The lowest BCUT2D eigenvalue weighted by atomic mass is 10.1. The van der Waals surface area contributed by atoms with Crippen LogP contribution in [0, 0.1) is 30.9 Å². The third-order valence-electron chi connectivity index (χ3n) is 1.40. The zero-order valence-corrected chi connectivity index (χ0v) is 5.99. The van der Waals surface area contributed by atoms with Gasteiger partial charge >= 0.3 is 0 Å². The fraction of sp³-hybridized carbons (Fsp3) is 0.111. The summed E-state index contributed by atoms with van der Waals surface area (Å²) in [6.07, 6.45) is 4.96. The first-order chi connectivity index (χ1) is 5.15. The van der Waals surface area contributed by atoms with Gasteiger partial charge in [0.2, 0.25) is 0 Å². The second-order valence-corrected chi connectivity index (χ2v) is 2.23. The lowest BCUT2D eigenvalue weighted by molar-refractivity contribution is 0.575. The Bertz CT molecular complexity index is 321. The molecule has 2 heteroatoms. The molecule has 56 valence electrons. The molecule has 0 amide bonds. The van der Waals surface area contributed by atoms with Gasteiger partial charge in [-0.05, 0) is 18.6 Å². The number of hydrogen-bond acceptors (Lipinski definition) is 0. The number of aryl methyl sites for hydroxylation is 1. The van der Waals surface area contributed by atoms with Crippen molar-refractivity contribution in [3.05, 3.63) is 34.9 Å². The molecule has 0 spiro atoms. The van der Waals surface area contributed by atoms with E-state index in [1.807, 2.05) is 0 Å². The monoisotopic (exact) mass is 152 g/mol. The first-order valence-electron chi connectivity index (χ1n) is 3.07. The summed E-state index contributed by atoms with van der Waals surface area (Å²) >= 11 is 0. The lowest BCUT2D eigenvalue weighted by Gasteiger charge is -1.97. The average molecular weight is 152 g/mol. The van der Waals surface area contributed by atoms with Crippen molar-refractivity contribution in [3.8, 4) is 12.3 Å². The molecule has 1 aromatic carbocycles. The van der Waals surface area contributed by atoms with Gasteiger partial charge < -0.3 is 0 Å². The SMILES string of the molecule is C#Cc1cc(C)c(F)cc1F. The zero-order chi connectivity index (χ0) is 8.43. The summed E-state index contributed by atoms with van der Waals surface area (Å²) in [7, 11) is 0. The van der Waals surface area contributed by atoms with Crippen molar-refractivity contribution in [1.82, 2.24) is 0 Å². The Morgan fingerprint density at radius 3 is 2.45 bits per heavy atom. The highest BCUT2D eigenvalue weighted by Gasteiger charge is 2.03. The van der Waals surface area contributed by atoms with Crippen LogP contribution in [0.5, 0.6) is 0 Å². The van der Waals surface area contributed by atoms with Crippen molar-refractivity contribution in [2.75, 3.05) is 0 Å². The highest BCUT2D eigenvalue weighted by molar-refractivity contribution is 5.36. The Hall–Kier alpha value is -1.36. The third kappa shape index (κ3) is 1.38. The van der Waals surface area contributed by atoms with E-state index in [2.05, 4.69) is 5.92 Å². The van der Waals surface area contributed by atoms with E-state index in [1.165, 1.54) is 13.0 Å². The summed E-state index contributed by atoms with van der Waals surface area (Å²) in [5, 5.41) is 0. The van der Waals surface area contributed by atoms with Crippen LogP contribution in [0.25, 0.3) is 0 Å². The van der Waals surface area contributed by atoms with Crippen LogP contribution in [-0.2, 0) is 0 Å². The topological polar surface area (TPSA) is 0 Å². The van der Waals surface area contributed by atoms with E-state index in [0.717, 1.165) is 6.07 Å². The van der Waals surface area contributed by atoms with Crippen LogP contribution < -0.4 is 0 Å². The second-order valence-electron chi connectivity index (χ2n) is 2.23. The maximum atomic E-state index is 12.6. The van der Waals surface area contributed by atoms with E-state index < -0.39 is 11.6 Å². The molecule has 0 saturated carbocycles. The molecule has 0 radical (unpaired) electrons. The minimum atomic E-state index is -0.685. The summed E-state index contributed by atoms with van der Waals surface area (Å²) in [5.41, 5.74) is 0.461. The fourth-order valence-electron chi connectivity index (χ4n) is 0.768. The fourth-order valence-corrected chi connectivity index (χ4v) is 0.768. The van der Waals surface area contributed by atoms with Gasteiger partial charge in [0, 0.05) is 6.07 Å². The number of rotatable bonds is 0. The van der Waals surface area contributed by atoms with Crippen LogP contribution in [-0.4, -0.2) is 0 Å². The zero-order valence-electron chi connectivity index (χ0n) is 5.99. The minimum Gasteiger partial charge on any atom is -0.207 e. The minimum absolute atomic E-state index is 0.101. The van der Waals surface area contributed by atoms with Gasteiger partial charge in [0.15, 0.2) is 0 Å². The van der Waals surface area contributed by atoms with Crippen molar-refractivity contribution in [1.29, 1.82) is 0 Å². The average Bonchev–Trinajstić information content (AvgIpc) is 1.97. The summed E-state index contributed by atoms with van der Waals surface area (Å²) in [6.45, 7) is 1.54. The molecular weight excluding hydrogens is 146 g/mol. The number of terminal acetylenes is 1. The van der Waals surface area contributed by atoms with Crippen LogP contribution in [0.1, 0.15) is 11.1 Å². The molecule has 0 saturated heterocycles. The molecule has 1 aromatic rings. The molecule has 0 aliphatic carbocycles. The molecule has 0 aliphatic rings. The number of benzene rings is 1. The van der Waals surface area contributed by atoms with Gasteiger partial charge in [-0.25, -0.2) is 8.78 Å². The van der Waals surface area contributed by atoms with Gasteiger partial charge in [0.05, 0.1) is 5.56 Å². The van der Waals surface area contributed by atoms with Crippen LogP contribution in [0.2, 0.25) is 0 Å². The first-order valence-corrected chi connectivity index (χ1v) is 3.07. The highest BCUT2D eigenvalue weighted by Crippen LogP contribution is 2.12. The maximum Gasteiger partial charge on any atom is 0.141 e. The summed E-state index contributed by atoms with van der Waals surface area (Å²) in [4.78, 5) is 0. The summed E-state index contributed by atoms with van der Waals surface area (Å²) in [6, 6.07) is 2.11. The normalized spacial score (nSPS) is 9.27. The van der Waals surface area contributed by atoms with Gasteiger partial charge in [-0.15, -0.1) is 6.42 Å². The Kier molecular flexibility index (Phi) is 1.91. The smallest absolute Gasteiger partial charge is 0.141 e. The van der Waals surface area contributed by atoms with Gasteiger partial charge in [-0.1, -0.05) is 5.92 Å². The second kappa shape index (κ2) is 2.71. The quantitative estimate of drug-likeness (QED) is 0.500. The van der Waals surface area contributed by atoms with Crippen LogP contribution in [0.15, 0.2) is 12.1 Å². The van der Waals surface area contributed by atoms with Crippen LogP contribution >= 0.6 is 0 Å². The van der Waals surface area contributed by atoms with E-state index in [-0.39, 0.29) is 5.56 Å². The summed E-state index contributed by atoms with van der Waals surface area (Å²) < 4.78 is 25.2. The van der Waals surface area contributed by atoms with Crippen molar-refractivity contribution >= 4 is 0 Å². The van der Waals surface area contributed by atoms with Crippen molar-refractivity contribution < 1.29 is 8.78 Å². The number of halogens is 2. The van der Waals surface area contributed by atoms with E-state index in [9.17, 15) is 8.78 Å². The third-order valence-corrected chi connectivity index (χ3v) is 1.40. The van der Waals surface area contributed by atoms with Crippen LogP contribution in [0.4, 0.5) is 8.78 Å². The van der Waals surface area contributed by atoms with Gasteiger partial charge in [-0.3, -0.25) is 0 Å². The highest BCUT2D eigenvalue weighted by atomic mass is 19.1. The molecule has 0 unspecified atom stereocenters. The lowest BCUT2D eigenvalue weighted by Crippen LogP contribution is -1.89. The van der Waals surface area contributed by atoms with Crippen molar-refractivity contribution in [3.63, 3.8) is 0 Å². The predicted octanol–water partition coefficient (Wildman–Crippen LogP) is 2.25. The van der Waals surface area contributed by atoms with E-state index >= 15 is 0 Å². The molecule has 0 nitrogen and oxygen atoms in total. The molecule has 0 N–H and O–H groups in total. The molecule has 1 rings (SSSR count). The molecular formula is C9H6F2. The van der Waals surface area contributed by atoms with Crippen LogP contribution in [0.3, 0.4) is 0 Å². The van der Waals surface area contributed by atoms with Crippen molar-refractivity contribution in [2.24, 2.45) is 0 Å². The Morgan fingerprint density at radius 1 is 1.27 bits per heavy atom. The Morgan fingerprint density at radius 2 is 1.91 bits per heavy atom. The van der Waals surface area contributed by atoms with Crippen molar-refractivity contribution in [2.45, 2.75) is 6.92 Å². The van der Waals surface area contributed by atoms with Gasteiger partial charge in [0.1, 0.15) is 11.6 Å². The standard InChI is InChI=1S/C9H6F2/c1-3-7-4-6(2)8(10)5-9(7)11/h1,4-5H,2H3. The van der Waals surface area contributed by atoms with E-state index in [0.29, 0.717) is 5.56 Å². The maximum absolute atomic E-state index is 12.6. The Balaban J connectivity index is 3.35. The molecule has 0 aromatic heterocycles. The van der Waals surface area contributed by atoms with Gasteiger partial charge in [-0.2, -0.15) is 0 Å². The molecule has 0 bridgehead atoms. The number of hydrogen-bond donors (Lipinski definition) is 0. The molecule has 0 fully saturated rings. The largest absolute Gasteiger partial charge is 0.207 e. The van der Waals surface area contributed by atoms with E-state index in [1.54, 1.807) is 0 Å². The van der Waals surface area contributed by atoms with E-state index in [4.69, 9.17) is 6.42 Å². The Labute approximate surface area is 63.9 Å². The van der Waals surface area contributed by atoms with Gasteiger partial charge in [0.25, 0.3) is 0 Å². The molecule has 0 aliphatic heterocycles.